The standard InChI is InChI=1S/C15H15O3P/c16-19(14-6-2-1-3-7-14)15-8-4-5-12(9-15)17-10-13-11-18-13/h1-9,13,19H,10-11H2. The van der Waals surface area contributed by atoms with Crippen molar-refractivity contribution in [3.63, 3.8) is 0 Å². The third-order valence-corrected chi connectivity index (χ3v) is 4.66. The lowest BCUT2D eigenvalue weighted by Crippen LogP contribution is -2.08. The Morgan fingerprint density at radius 1 is 1.11 bits per heavy atom. The molecule has 0 bridgehead atoms. The summed E-state index contributed by atoms with van der Waals surface area (Å²) in [5.74, 6) is 0.752. The summed E-state index contributed by atoms with van der Waals surface area (Å²) in [5.41, 5.74) is 0. The summed E-state index contributed by atoms with van der Waals surface area (Å²) in [6.45, 7) is 1.34. The molecule has 0 spiro atoms. The van der Waals surface area contributed by atoms with Gasteiger partial charge in [-0.15, -0.1) is 0 Å². The number of benzene rings is 2. The fraction of sp³-hybridized carbons (Fsp3) is 0.200. The van der Waals surface area contributed by atoms with Crippen LogP contribution in [0.3, 0.4) is 0 Å². The van der Waals surface area contributed by atoms with Gasteiger partial charge in [-0.3, -0.25) is 0 Å². The van der Waals surface area contributed by atoms with Crippen molar-refractivity contribution in [3.05, 3.63) is 54.6 Å². The van der Waals surface area contributed by atoms with Gasteiger partial charge in [-0.2, -0.15) is 0 Å². The van der Waals surface area contributed by atoms with Crippen LogP contribution in [0.15, 0.2) is 54.6 Å². The molecule has 0 aromatic heterocycles. The van der Waals surface area contributed by atoms with Crippen molar-refractivity contribution in [1.82, 2.24) is 0 Å². The normalized spacial score (nSPS) is 18.8. The van der Waals surface area contributed by atoms with Gasteiger partial charge in [0.1, 0.15) is 26.3 Å². The third kappa shape index (κ3) is 3.25. The Labute approximate surface area is 113 Å². The van der Waals surface area contributed by atoms with Crippen LogP contribution in [0.4, 0.5) is 0 Å². The number of hydrogen-bond donors (Lipinski definition) is 0. The molecule has 2 aromatic rings. The zero-order valence-corrected chi connectivity index (χ0v) is 11.4. The van der Waals surface area contributed by atoms with Gasteiger partial charge in [0.25, 0.3) is 0 Å². The molecule has 3 nitrogen and oxygen atoms in total. The molecule has 1 aliphatic rings. The highest BCUT2D eigenvalue weighted by Crippen LogP contribution is 2.22. The maximum Gasteiger partial charge on any atom is 0.131 e. The highest BCUT2D eigenvalue weighted by atomic mass is 31.1. The van der Waals surface area contributed by atoms with Crippen molar-refractivity contribution >= 4 is 18.4 Å². The van der Waals surface area contributed by atoms with Crippen LogP contribution >= 0.6 is 7.80 Å². The summed E-state index contributed by atoms with van der Waals surface area (Å²) in [7, 11) is -1.95. The van der Waals surface area contributed by atoms with E-state index in [4.69, 9.17) is 9.47 Å². The van der Waals surface area contributed by atoms with Crippen LogP contribution in [-0.4, -0.2) is 19.3 Å². The molecule has 0 aliphatic carbocycles. The Balaban J connectivity index is 1.76. The summed E-state index contributed by atoms with van der Waals surface area (Å²) >= 11 is 0. The summed E-state index contributed by atoms with van der Waals surface area (Å²) in [5, 5.41) is 1.69. The Morgan fingerprint density at radius 3 is 2.58 bits per heavy atom. The van der Waals surface area contributed by atoms with Crippen molar-refractivity contribution in [2.24, 2.45) is 0 Å². The summed E-state index contributed by atoms with van der Waals surface area (Å²) in [4.78, 5) is 0. The molecular formula is C15H15O3P. The SMILES string of the molecule is O=[PH](c1ccccc1)c1cccc(OCC2CO2)c1. The molecule has 4 heteroatoms. The molecule has 1 heterocycles. The van der Waals surface area contributed by atoms with E-state index in [2.05, 4.69) is 0 Å². The van der Waals surface area contributed by atoms with Crippen molar-refractivity contribution in [3.8, 4) is 5.75 Å². The molecule has 2 unspecified atom stereocenters. The van der Waals surface area contributed by atoms with Gasteiger partial charge < -0.3 is 14.0 Å². The number of rotatable bonds is 5. The lowest BCUT2D eigenvalue weighted by molar-refractivity contribution is 0.263. The first-order chi connectivity index (χ1) is 9.33. The quantitative estimate of drug-likeness (QED) is 0.618. The monoisotopic (exact) mass is 274 g/mol. The minimum atomic E-state index is -1.95. The van der Waals surface area contributed by atoms with E-state index >= 15 is 0 Å². The predicted molar refractivity (Wildman–Crippen MR) is 76.4 cm³/mol. The zero-order chi connectivity index (χ0) is 13.1. The van der Waals surface area contributed by atoms with Crippen LogP contribution in [0.25, 0.3) is 0 Å². The van der Waals surface area contributed by atoms with Crippen molar-refractivity contribution in [2.75, 3.05) is 13.2 Å². The van der Waals surface area contributed by atoms with Crippen molar-refractivity contribution in [2.45, 2.75) is 6.10 Å². The van der Waals surface area contributed by atoms with Crippen LogP contribution in [0, 0.1) is 0 Å². The molecule has 0 saturated carbocycles. The van der Waals surface area contributed by atoms with Crippen LogP contribution in [0.1, 0.15) is 0 Å². The fourth-order valence-corrected chi connectivity index (χ4v) is 3.19. The molecule has 98 valence electrons. The number of hydrogen-bond acceptors (Lipinski definition) is 3. The van der Waals surface area contributed by atoms with Crippen molar-refractivity contribution in [1.29, 1.82) is 0 Å². The second-order valence-corrected chi connectivity index (χ2v) is 6.30. The molecule has 0 N–H and O–H groups in total. The molecule has 1 aliphatic heterocycles. The molecule has 0 amide bonds. The summed E-state index contributed by atoms with van der Waals surface area (Å²) < 4.78 is 23.2. The topological polar surface area (TPSA) is 38.8 Å². The smallest absolute Gasteiger partial charge is 0.131 e. The molecule has 2 atom stereocenters. The maximum absolute atomic E-state index is 12.5. The second kappa shape index (κ2) is 5.60. The summed E-state index contributed by atoms with van der Waals surface area (Å²) in [6, 6.07) is 17.0. The molecular weight excluding hydrogens is 259 g/mol. The van der Waals surface area contributed by atoms with Crippen LogP contribution in [0.5, 0.6) is 5.75 Å². The molecule has 2 aromatic carbocycles. The van der Waals surface area contributed by atoms with Gasteiger partial charge in [-0.1, -0.05) is 42.5 Å². The Bertz CT molecular complexity index is 579. The highest BCUT2D eigenvalue weighted by molar-refractivity contribution is 7.61. The molecule has 1 fully saturated rings. The van der Waals surface area contributed by atoms with Crippen LogP contribution < -0.4 is 15.3 Å². The number of epoxide rings is 1. The molecule has 1 saturated heterocycles. The lowest BCUT2D eigenvalue weighted by Gasteiger charge is -2.07. The van der Waals surface area contributed by atoms with E-state index in [1.807, 2.05) is 54.6 Å². The first-order valence-electron chi connectivity index (χ1n) is 6.27. The Kier molecular flexibility index (Phi) is 3.67. The second-order valence-electron chi connectivity index (χ2n) is 4.49. The van der Waals surface area contributed by atoms with Gasteiger partial charge in [-0.25, -0.2) is 0 Å². The lowest BCUT2D eigenvalue weighted by atomic mass is 10.3. The Hall–Kier alpha value is -1.57. The molecule has 19 heavy (non-hydrogen) atoms. The zero-order valence-electron chi connectivity index (χ0n) is 10.4. The molecule has 3 rings (SSSR count). The van der Waals surface area contributed by atoms with Gasteiger partial charge >= 0.3 is 0 Å². The van der Waals surface area contributed by atoms with Gasteiger partial charge in [0.15, 0.2) is 0 Å². The van der Waals surface area contributed by atoms with E-state index in [0.717, 1.165) is 23.0 Å². The highest BCUT2D eigenvalue weighted by Gasteiger charge is 2.23. The molecule has 0 radical (unpaired) electrons. The van der Waals surface area contributed by atoms with E-state index in [0.29, 0.717) is 6.61 Å². The van der Waals surface area contributed by atoms with Crippen LogP contribution in [0.2, 0.25) is 0 Å². The predicted octanol–water partition coefficient (Wildman–Crippen LogP) is 1.97. The van der Waals surface area contributed by atoms with E-state index in [1.165, 1.54) is 0 Å². The van der Waals surface area contributed by atoms with E-state index in [1.54, 1.807) is 0 Å². The fourth-order valence-electron chi connectivity index (χ4n) is 1.84. The van der Waals surface area contributed by atoms with Gasteiger partial charge in [-0.05, 0) is 12.1 Å². The minimum absolute atomic E-state index is 0.231. The van der Waals surface area contributed by atoms with E-state index in [9.17, 15) is 4.57 Å². The third-order valence-electron chi connectivity index (χ3n) is 2.97. The maximum atomic E-state index is 12.5. The van der Waals surface area contributed by atoms with Crippen molar-refractivity contribution < 1.29 is 14.0 Å². The van der Waals surface area contributed by atoms with E-state index < -0.39 is 7.80 Å². The van der Waals surface area contributed by atoms with Gasteiger partial charge in [0.05, 0.1) is 6.61 Å². The largest absolute Gasteiger partial charge is 0.491 e. The van der Waals surface area contributed by atoms with Gasteiger partial charge in [0, 0.05) is 10.6 Å². The Morgan fingerprint density at radius 2 is 1.84 bits per heavy atom. The first kappa shape index (κ1) is 12.5. The van der Waals surface area contributed by atoms with E-state index in [-0.39, 0.29) is 6.10 Å². The average molecular weight is 274 g/mol. The van der Waals surface area contributed by atoms with Gasteiger partial charge in [0.2, 0.25) is 0 Å². The average Bonchev–Trinajstić information content (AvgIpc) is 3.30. The summed E-state index contributed by atoms with van der Waals surface area (Å²) in [6.07, 6.45) is 0.231. The number of ether oxygens (including phenoxy) is 2. The first-order valence-corrected chi connectivity index (χ1v) is 7.68. The minimum Gasteiger partial charge on any atom is -0.491 e. The van der Waals surface area contributed by atoms with Crippen LogP contribution in [-0.2, 0) is 9.30 Å².